The van der Waals surface area contributed by atoms with Gasteiger partial charge in [-0.2, -0.15) is 0 Å². The number of phenols is 1. The number of aromatic nitrogens is 3. The van der Waals surface area contributed by atoms with E-state index in [4.69, 9.17) is 0 Å². The highest BCUT2D eigenvalue weighted by molar-refractivity contribution is 7.13. The van der Waals surface area contributed by atoms with Gasteiger partial charge in [-0.15, -0.1) is 11.3 Å². The van der Waals surface area contributed by atoms with Crippen molar-refractivity contribution in [1.82, 2.24) is 35.8 Å². The van der Waals surface area contributed by atoms with E-state index in [0.29, 0.717) is 18.5 Å². The molecule has 13 heteroatoms. The van der Waals surface area contributed by atoms with Gasteiger partial charge in [0.1, 0.15) is 23.3 Å². The van der Waals surface area contributed by atoms with E-state index in [1.807, 2.05) is 94.7 Å². The third-order valence-corrected chi connectivity index (χ3v) is 12.0. The zero-order valence-corrected chi connectivity index (χ0v) is 34.8. The molecule has 1 aliphatic rings. The molecule has 1 saturated heterocycles. The molecule has 0 bridgehead atoms. The molecule has 12 nitrogen and oxygen atoms in total. The molecular formula is C45H55N7O5S. The topological polar surface area (TPSA) is 170 Å². The number of carbonyl (C=O) groups is 3. The summed E-state index contributed by atoms with van der Waals surface area (Å²) < 4.78 is 0. The monoisotopic (exact) mass is 805 g/mol. The standard InChI is InChI=1S/C45H55N7O5S/c1-27(2)39(45(57)52-25-34(53)23-37(52)44(56)50-29(4)31-15-17-32(18-16-31)43-30(5)49-26-58-43)51-38(54)14-8-6-7-9-20-47-40(33-12-10-19-46-24-33)36-22-28(3)35-13-11-21-48-41(35)42(36)55/h10-13,15-19,21-22,24,26-27,29,34,37,39-40,47,53,55H,6-9,14,20,23,25H2,1-5H3,(H,50,56)(H,51,54)/t29?,34-,37+,39?,40?/m1/s1. The number of carbonyl (C=O) groups excluding carboxylic acids is 3. The summed E-state index contributed by atoms with van der Waals surface area (Å²) in [4.78, 5) is 56.3. The van der Waals surface area contributed by atoms with Gasteiger partial charge in [-0.25, -0.2) is 4.98 Å². The van der Waals surface area contributed by atoms with Gasteiger partial charge in [-0.3, -0.25) is 24.4 Å². The maximum Gasteiger partial charge on any atom is 0.246 e. The SMILES string of the molecule is Cc1ncsc1-c1ccc(C(C)NC(=O)[C@@H]2C[C@@H](O)CN2C(=O)C(NC(=O)CCCCCCNC(c2cccnc2)c2cc(C)c3cccnc3c2O)C(C)C)cc1. The highest BCUT2D eigenvalue weighted by Gasteiger charge is 2.42. The smallest absolute Gasteiger partial charge is 0.246 e. The highest BCUT2D eigenvalue weighted by atomic mass is 32.1. The summed E-state index contributed by atoms with van der Waals surface area (Å²) in [6.07, 6.45) is 7.99. The Morgan fingerprint density at radius 3 is 2.40 bits per heavy atom. The van der Waals surface area contributed by atoms with Crippen LogP contribution >= 0.6 is 11.3 Å². The Kier molecular flexibility index (Phi) is 14.2. The van der Waals surface area contributed by atoms with Crippen molar-refractivity contribution in [3.63, 3.8) is 0 Å². The normalized spacial score (nSPS) is 17.0. The molecule has 306 valence electrons. The van der Waals surface area contributed by atoms with Crippen LogP contribution in [0.5, 0.6) is 5.75 Å². The van der Waals surface area contributed by atoms with Crippen molar-refractivity contribution in [2.45, 2.75) is 103 Å². The van der Waals surface area contributed by atoms with Crippen LogP contribution in [0.1, 0.15) is 99.3 Å². The predicted molar refractivity (Wildman–Crippen MR) is 227 cm³/mol. The van der Waals surface area contributed by atoms with Gasteiger partial charge in [0.15, 0.2) is 0 Å². The number of nitrogens with zero attached hydrogens (tertiary/aromatic N) is 4. The Morgan fingerprint density at radius 1 is 0.931 bits per heavy atom. The van der Waals surface area contributed by atoms with Crippen LogP contribution in [-0.4, -0.2) is 79.1 Å². The molecule has 3 amide bonds. The highest BCUT2D eigenvalue weighted by Crippen LogP contribution is 2.36. The summed E-state index contributed by atoms with van der Waals surface area (Å²) in [5.41, 5.74) is 8.06. The van der Waals surface area contributed by atoms with E-state index >= 15 is 0 Å². The first-order valence-corrected chi connectivity index (χ1v) is 21.1. The molecule has 5 N–H and O–H groups in total. The van der Waals surface area contributed by atoms with Crippen molar-refractivity contribution in [3.05, 3.63) is 107 Å². The number of hydrogen-bond acceptors (Lipinski definition) is 10. The number of nitrogens with one attached hydrogen (secondary N) is 3. The number of benzene rings is 2. The Hall–Kier alpha value is -5.24. The molecule has 0 spiro atoms. The van der Waals surface area contributed by atoms with Crippen molar-refractivity contribution in [1.29, 1.82) is 0 Å². The first-order chi connectivity index (χ1) is 27.9. The van der Waals surface area contributed by atoms with Crippen molar-refractivity contribution in [3.8, 4) is 16.2 Å². The van der Waals surface area contributed by atoms with Gasteiger partial charge < -0.3 is 31.1 Å². The number of aryl methyl sites for hydroxylation is 2. The minimum Gasteiger partial charge on any atom is -0.505 e. The molecule has 5 aromatic rings. The van der Waals surface area contributed by atoms with Crippen molar-refractivity contribution in [2.24, 2.45) is 5.92 Å². The first-order valence-electron chi connectivity index (χ1n) is 20.2. The lowest BCUT2D eigenvalue weighted by atomic mass is 9.94. The average molecular weight is 806 g/mol. The van der Waals surface area contributed by atoms with Gasteiger partial charge >= 0.3 is 0 Å². The van der Waals surface area contributed by atoms with Gasteiger partial charge in [-0.05, 0) is 86.5 Å². The van der Waals surface area contributed by atoms with Crippen LogP contribution in [0.25, 0.3) is 21.3 Å². The molecule has 3 aromatic heterocycles. The number of aliphatic hydroxyl groups excluding tert-OH is 1. The van der Waals surface area contributed by atoms with Crippen LogP contribution in [0.2, 0.25) is 0 Å². The Balaban J connectivity index is 0.975. The number of likely N-dealkylation sites (tertiary alicyclic amines) is 1. The quantitative estimate of drug-likeness (QED) is 0.0644. The second-order valence-corrected chi connectivity index (χ2v) is 16.5. The largest absolute Gasteiger partial charge is 0.505 e. The van der Waals surface area contributed by atoms with Gasteiger partial charge in [0.25, 0.3) is 0 Å². The van der Waals surface area contributed by atoms with E-state index in [0.717, 1.165) is 63.0 Å². The van der Waals surface area contributed by atoms with Gasteiger partial charge in [0.2, 0.25) is 17.7 Å². The summed E-state index contributed by atoms with van der Waals surface area (Å²) in [6.45, 7) is 10.3. The first kappa shape index (κ1) is 42.4. The summed E-state index contributed by atoms with van der Waals surface area (Å²) >= 11 is 1.58. The summed E-state index contributed by atoms with van der Waals surface area (Å²) in [5.74, 6) is -0.992. The lowest BCUT2D eigenvalue weighted by molar-refractivity contribution is -0.142. The van der Waals surface area contributed by atoms with E-state index in [1.54, 1.807) is 29.9 Å². The van der Waals surface area contributed by atoms with E-state index in [-0.39, 0.29) is 60.9 Å². The van der Waals surface area contributed by atoms with E-state index < -0.39 is 18.2 Å². The zero-order chi connectivity index (χ0) is 41.3. The maximum absolute atomic E-state index is 13.9. The van der Waals surface area contributed by atoms with Crippen molar-refractivity contribution >= 4 is 40.0 Å². The number of aliphatic hydroxyl groups is 1. The minimum absolute atomic E-state index is 0.0277. The third kappa shape index (κ3) is 10.1. The molecule has 2 aromatic carbocycles. The lowest BCUT2D eigenvalue weighted by Gasteiger charge is -2.31. The molecule has 5 atom stereocenters. The van der Waals surface area contributed by atoms with Gasteiger partial charge in [0.05, 0.1) is 34.3 Å². The number of phenolic OH excluding ortho intramolecular Hbond substituents is 1. The number of β-amino-alcohol motifs (C(OH)–C–C–N with tert-alkyl or cyclic N) is 1. The van der Waals surface area contributed by atoms with Crippen LogP contribution in [0.15, 0.2) is 78.7 Å². The fraction of sp³-hybridized carbons (Fsp3) is 0.422. The lowest BCUT2D eigenvalue weighted by Crippen LogP contribution is -2.55. The third-order valence-electron chi connectivity index (χ3n) is 11.0. The molecule has 58 heavy (non-hydrogen) atoms. The molecule has 3 unspecified atom stereocenters. The molecule has 0 aliphatic carbocycles. The molecule has 4 heterocycles. The van der Waals surface area contributed by atoms with E-state index in [1.165, 1.54) is 4.90 Å². The number of rotatable bonds is 17. The average Bonchev–Trinajstić information content (AvgIpc) is 3.84. The van der Waals surface area contributed by atoms with Crippen LogP contribution < -0.4 is 16.0 Å². The van der Waals surface area contributed by atoms with Crippen LogP contribution in [0.3, 0.4) is 0 Å². The van der Waals surface area contributed by atoms with E-state index in [2.05, 4.69) is 30.9 Å². The zero-order valence-electron chi connectivity index (χ0n) is 33.9. The predicted octanol–water partition coefficient (Wildman–Crippen LogP) is 6.69. The molecule has 1 aliphatic heterocycles. The van der Waals surface area contributed by atoms with Crippen LogP contribution in [-0.2, 0) is 14.4 Å². The molecule has 6 rings (SSSR count). The number of amides is 3. The van der Waals surface area contributed by atoms with Gasteiger partial charge in [-0.1, -0.05) is 63.1 Å². The number of unbranched alkanes of at least 4 members (excludes halogenated alkanes) is 3. The molecular weight excluding hydrogens is 751 g/mol. The van der Waals surface area contributed by atoms with Crippen molar-refractivity contribution < 1.29 is 24.6 Å². The summed E-state index contributed by atoms with van der Waals surface area (Å²) in [6, 6.07) is 15.4. The Morgan fingerprint density at radius 2 is 1.69 bits per heavy atom. The van der Waals surface area contributed by atoms with Crippen LogP contribution in [0.4, 0.5) is 0 Å². The Labute approximate surface area is 344 Å². The fourth-order valence-electron chi connectivity index (χ4n) is 7.75. The van der Waals surface area contributed by atoms with Crippen molar-refractivity contribution in [2.75, 3.05) is 13.1 Å². The molecule has 0 saturated carbocycles. The summed E-state index contributed by atoms with van der Waals surface area (Å²) in [7, 11) is 0. The fourth-order valence-corrected chi connectivity index (χ4v) is 8.56. The maximum atomic E-state index is 13.9. The van der Waals surface area contributed by atoms with Gasteiger partial charge in [0, 0.05) is 48.9 Å². The number of thiazole rings is 1. The number of aromatic hydroxyl groups is 1. The number of pyridine rings is 2. The summed E-state index contributed by atoms with van der Waals surface area (Å²) in [5, 5.41) is 32.3. The van der Waals surface area contributed by atoms with Crippen LogP contribution in [0, 0.1) is 19.8 Å². The Bertz CT molecular complexity index is 2180. The second kappa shape index (κ2) is 19.5. The number of hydrogen-bond donors (Lipinski definition) is 5. The number of fused-ring (bicyclic) bond motifs is 1. The van der Waals surface area contributed by atoms with E-state index in [9.17, 15) is 24.6 Å². The molecule has 1 fully saturated rings. The second-order valence-electron chi connectivity index (χ2n) is 15.7. The molecule has 0 radical (unpaired) electrons. The minimum atomic E-state index is -0.848.